The first-order chi connectivity index (χ1) is 21.3. The molecule has 8 rings (SSSR count). The Morgan fingerprint density at radius 3 is 2.00 bits per heavy atom. The van der Waals surface area contributed by atoms with Crippen LogP contribution in [0.4, 0.5) is 0 Å². The second-order valence-electron chi connectivity index (χ2n) is 10.8. The highest BCUT2D eigenvalue weighted by atomic mass is 16.3. The first-order valence-corrected chi connectivity index (χ1v) is 14.6. The minimum Gasteiger partial charge on any atom is -0.456 e. The van der Waals surface area contributed by atoms with Crippen LogP contribution in [0.15, 0.2) is 150 Å². The highest BCUT2D eigenvalue weighted by Gasteiger charge is 2.20. The number of allylic oxidation sites excluding steroid dienone is 4. The molecule has 0 spiro atoms. The average Bonchev–Trinajstić information content (AvgIpc) is 3.48. The van der Waals surface area contributed by atoms with Crippen LogP contribution in [0.3, 0.4) is 0 Å². The number of hydrogen-bond acceptors (Lipinski definition) is 4. The van der Waals surface area contributed by atoms with E-state index in [0.29, 0.717) is 23.4 Å². The maximum Gasteiger partial charge on any atom is 0.164 e. The minimum atomic E-state index is 0.339. The first kappa shape index (κ1) is 25.1. The molecule has 0 N–H and O–H groups in total. The van der Waals surface area contributed by atoms with Crippen molar-refractivity contribution in [2.75, 3.05) is 0 Å². The number of furan rings is 1. The van der Waals surface area contributed by atoms with Crippen LogP contribution in [-0.4, -0.2) is 15.0 Å². The van der Waals surface area contributed by atoms with E-state index in [0.717, 1.165) is 56.2 Å². The molecule has 0 aliphatic heterocycles. The highest BCUT2D eigenvalue weighted by Crippen LogP contribution is 2.40. The van der Waals surface area contributed by atoms with Gasteiger partial charge in [-0.25, -0.2) is 15.0 Å². The molecule has 0 saturated heterocycles. The Morgan fingerprint density at radius 1 is 0.535 bits per heavy atom. The molecule has 4 nitrogen and oxygen atoms in total. The van der Waals surface area contributed by atoms with Gasteiger partial charge in [0.05, 0.1) is 0 Å². The third kappa shape index (κ3) is 4.63. The summed E-state index contributed by atoms with van der Waals surface area (Å²) in [5, 5.41) is 2.18. The van der Waals surface area contributed by atoms with E-state index in [1.54, 1.807) is 0 Å². The lowest BCUT2D eigenvalue weighted by Crippen LogP contribution is -2.05. The van der Waals surface area contributed by atoms with Crippen LogP contribution in [-0.2, 0) is 0 Å². The normalized spacial score (nSPS) is 14.7. The van der Waals surface area contributed by atoms with Gasteiger partial charge in [0, 0.05) is 33.4 Å². The molecule has 1 aliphatic rings. The van der Waals surface area contributed by atoms with Crippen molar-refractivity contribution in [3.8, 4) is 33.9 Å². The average molecular weight is 554 g/mol. The fourth-order valence-electron chi connectivity index (χ4n) is 5.99. The van der Waals surface area contributed by atoms with Gasteiger partial charge in [-0.15, -0.1) is 0 Å². The summed E-state index contributed by atoms with van der Waals surface area (Å²) >= 11 is 0. The van der Waals surface area contributed by atoms with E-state index in [4.69, 9.17) is 19.4 Å². The molecular weight excluding hydrogens is 526 g/mol. The fraction of sp³-hybridized carbons (Fsp3) is 0.0513. The van der Waals surface area contributed by atoms with Crippen LogP contribution in [0.1, 0.15) is 23.7 Å². The van der Waals surface area contributed by atoms with Crippen LogP contribution in [0.25, 0.3) is 61.4 Å². The number of rotatable bonds is 5. The lowest BCUT2D eigenvalue weighted by molar-refractivity contribution is 0.669. The molecule has 0 bridgehead atoms. The number of aromatic nitrogens is 3. The monoisotopic (exact) mass is 553 g/mol. The van der Waals surface area contributed by atoms with E-state index in [1.807, 2.05) is 60.7 Å². The second kappa shape index (κ2) is 10.7. The van der Waals surface area contributed by atoms with Crippen molar-refractivity contribution in [3.05, 3.63) is 157 Å². The summed E-state index contributed by atoms with van der Waals surface area (Å²) in [6.07, 6.45) is 7.55. The zero-order chi connectivity index (χ0) is 28.6. The van der Waals surface area contributed by atoms with Gasteiger partial charge in [-0.2, -0.15) is 0 Å². The van der Waals surface area contributed by atoms with Gasteiger partial charge in [-0.3, -0.25) is 0 Å². The lowest BCUT2D eigenvalue weighted by atomic mass is 9.90. The Hall–Kier alpha value is -5.61. The topological polar surface area (TPSA) is 51.8 Å². The van der Waals surface area contributed by atoms with Gasteiger partial charge in [0.2, 0.25) is 0 Å². The molecule has 4 heteroatoms. The summed E-state index contributed by atoms with van der Waals surface area (Å²) in [5.74, 6) is 2.31. The van der Waals surface area contributed by atoms with Crippen LogP contribution in [0.2, 0.25) is 0 Å². The molecular formula is C39H27N3O. The summed E-state index contributed by atoms with van der Waals surface area (Å²) < 4.78 is 6.22. The smallest absolute Gasteiger partial charge is 0.164 e. The van der Waals surface area contributed by atoms with Crippen LogP contribution >= 0.6 is 0 Å². The van der Waals surface area contributed by atoms with E-state index >= 15 is 0 Å². The van der Waals surface area contributed by atoms with Gasteiger partial charge in [0.25, 0.3) is 0 Å². The van der Waals surface area contributed by atoms with E-state index in [1.165, 1.54) is 5.56 Å². The van der Waals surface area contributed by atoms with E-state index in [2.05, 4.69) is 85.0 Å². The maximum absolute atomic E-state index is 6.22. The summed E-state index contributed by atoms with van der Waals surface area (Å²) in [6, 6.07) is 43.5. The second-order valence-corrected chi connectivity index (χ2v) is 10.8. The number of fused-ring (bicyclic) bond motifs is 3. The van der Waals surface area contributed by atoms with Gasteiger partial charge in [0.1, 0.15) is 11.2 Å². The Kier molecular flexibility index (Phi) is 6.23. The quantitative estimate of drug-likeness (QED) is 0.213. The Bertz CT molecular complexity index is 2160. The Morgan fingerprint density at radius 2 is 1.19 bits per heavy atom. The fourth-order valence-corrected chi connectivity index (χ4v) is 5.99. The Labute approximate surface area is 249 Å². The van der Waals surface area contributed by atoms with Gasteiger partial charge in [0.15, 0.2) is 17.5 Å². The van der Waals surface area contributed by atoms with Crippen molar-refractivity contribution < 1.29 is 4.42 Å². The summed E-state index contributed by atoms with van der Waals surface area (Å²) in [6.45, 7) is 0. The molecule has 43 heavy (non-hydrogen) atoms. The molecule has 1 aliphatic carbocycles. The third-order valence-corrected chi connectivity index (χ3v) is 8.11. The van der Waals surface area contributed by atoms with Crippen molar-refractivity contribution in [1.29, 1.82) is 0 Å². The summed E-state index contributed by atoms with van der Waals surface area (Å²) in [7, 11) is 0. The van der Waals surface area contributed by atoms with E-state index in [-0.39, 0.29) is 0 Å². The minimum absolute atomic E-state index is 0.339. The highest BCUT2D eigenvalue weighted by molar-refractivity contribution is 6.13. The van der Waals surface area contributed by atoms with Crippen LogP contribution in [0.5, 0.6) is 0 Å². The molecule has 0 amide bonds. The van der Waals surface area contributed by atoms with Crippen molar-refractivity contribution >= 4 is 27.5 Å². The van der Waals surface area contributed by atoms with Gasteiger partial charge < -0.3 is 4.42 Å². The van der Waals surface area contributed by atoms with Gasteiger partial charge >= 0.3 is 0 Å². The SMILES string of the molecule is C1=CC(c2ccccc2)CC=C1c1nc(-c2ccccc2)nc(-c2ccccc2-c2cccc3oc4ccccc4c23)n1. The van der Waals surface area contributed by atoms with Crippen molar-refractivity contribution in [2.24, 2.45) is 0 Å². The van der Waals surface area contributed by atoms with Gasteiger partial charge in [-0.05, 0) is 35.2 Å². The third-order valence-electron chi connectivity index (χ3n) is 8.11. The summed E-state index contributed by atoms with van der Waals surface area (Å²) in [4.78, 5) is 15.1. The zero-order valence-corrected chi connectivity index (χ0v) is 23.4. The van der Waals surface area contributed by atoms with Crippen molar-refractivity contribution in [3.63, 3.8) is 0 Å². The molecule has 5 aromatic carbocycles. The predicted octanol–water partition coefficient (Wildman–Crippen LogP) is 9.90. The molecule has 0 fully saturated rings. The predicted molar refractivity (Wildman–Crippen MR) is 174 cm³/mol. The Balaban J connectivity index is 1.28. The largest absolute Gasteiger partial charge is 0.456 e. The van der Waals surface area contributed by atoms with E-state index < -0.39 is 0 Å². The molecule has 2 aromatic heterocycles. The molecule has 204 valence electrons. The molecule has 0 radical (unpaired) electrons. The van der Waals surface area contributed by atoms with Crippen LogP contribution < -0.4 is 0 Å². The molecule has 0 saturated carbocycles. The van der Waals surface area contributed by atoms with Crippen molar-refractivity contribution in [1.82, 2.24) is 15.0 Å². The lowest BCUT2D eigenvalue weighted by Gasteiger charge is -2.17. The molecule has 7 aromatic rings. The number of nitrogens with zero attached hydrogens (tertiary/aromatic N) is 3. The van der Waals surface area contributed by atoms with Gasteiger partial charge in [-0.1, -0.05) is 133 Å². The first-order valence-electron chi connectivity index (χ1n) is 14.6. The maximum atomic E-state index is 6.22. The molecule has 1 unspecified atom stereocenters. The van der Waals surface area contributed by atoms with E-state index in [9.17, 15) is 0 Å². The summed E-state index contributed by atoms with van der Waals surface area (Å²) in [5.41, 5.74) is 8.09. The standard InChI is InChI=1S/C39H27N3O/c1-3-12-26(13-4-1)27-22-24-29(25-23-27)38-40-37(28-14-5-2-6-15-28)41-39(42-38)32-17-8-7-16-30(32)31-19-11-21-35-36(31)33-18-9-10-20-34(33)43-35/h1-22,24-25,27H,23H2. The molecule has 2 heterocycles. The molecule has 1 atom stereocenters. The number of para-hydroxylation sites is 1. The number of benzene rings is 5. The van der Waals surface area contributed by atoms with Crippen molar-refractivity contribution in [2.45, 2.75) is 12.3 Å². The zero-order valence-electron chi connectivity index (χ0n) is 23.4. The number of hydrogen-bond donors (Lipinski definition) is 0. The van der Waals surface area contributed by atoms with Crippen LogP contribution in [0, 0.1) is 0 Å².